The van der Waals surface area contributed by atoms with Crippen molar-refractivity contribution in [2.75, 3.05) is 0 Å². The van der Waals surface area contributed by atoms with Gasteiger partial charge in [0.2, 0.25) is 0 Å². The first kappa shape index (κ1) is 33.6. The molecule has 4 unspecified atom stereocenters. The quantitative estimate of drug-likeness (QED) is 0.122. The maximum absolute atomic E-state index is 11.7. The molecule has 1 nitrogen and oxygen atoms in total. The Kier molecular flexibility index (Phi) is 11.9. The molecule has 4 atom stereocenters. The fourth-order valence-corrected chi connectivity index (χ4v) is 7.51. The summed E-state index contributed by atoms with van der Waals surface area (Å²) in [5.41, 5.74) is 9.63. The number of benzene rings is 4. The lowest BCUT2D eigenvalue weighted by Gasteiger charge is -2.38. The Hall–Kier alpha value is -3.71. The van der Waals surface area contributed by atoms with Gasteiger partial charge in [0, 0.05) is 6.42 Å². The third-order valence-corrected chi connectivity index (χ3v) is 10.5. The SMILES string of the molecule is CC/C=C(\c1ccccc1)c1ccc2cc(C(C)CCCCC3CCC3c3cccc(C)c3/C=C\C(CC)CC(C)=O)ccc2c1. The van der Waals surface area contributed by atoms with E-state index in [9.17, 15) is 4.79 Å². The summed E-state index contributed by atoms with van der Waals surface area (Å²) >= 11 is 0. The van der Waals surface area contributed by atoms with Crippen molar-refractivity contribution in [2.24, 2.45) is 11.8 Å². The summed E-state index contributed by atoms with van der Waals surface area (Å²) in [6.45, 7) is 10.7. The molecule has 1 aliphatic carbocycles. The van der Waals surface area contributed by atoms with Crippen molar-refractivity contribution in [2.45, 2.75) is 104 Å². The van der Waals surface area contributed by atoms with Crippen LogP contribution in [0.5, 0.6) is 0 Å². The minimum Gasteiger partial charge on any atom is -0.300 e. The Bertz CT molecular complexity index is 1660. The van der Waals surface area contributed by atoms with Gasteiger partial charge in [0.1, 0.15) is 5.78 Å². The minimum absolute atomic E-state index is 0.280. The van der Waals surface area contributed by atoms with E-state index in [1.54, 1.807) is 6.92 Å². The van der Waals surface area contributed by atoms with Crippen LogP contribution in [0.3, 0.4) is 0 Å². The second kappa shape index (κ2) is 16.2. The van der Waals surface area contributed by atoms with Gasteiger partial charge >= 0.3 is 0 Å². The summed E-state index contributed by atoms with van der Waals surface area (Å²) in [7, 11) is 0. The van der Waals surface area contributed by atoms with Gasteiger partial charge in [0.15, 0.2) is 0 Å². The molecule has 0 spiro atoms. The van der Waals surface area contributed by atoms with Gasteiger partial charge in [-0.25, -0.2) is 0 Å². The third kappa shape index (κ3) is 8.35. The fraction of sp³-hybridized carbons (Fsp3) is 0.400. The Morgan fingerprint density at radius 2 is 1.65 bits per heavy atom. The van der Waals surface area contributed by atoms with Crippen molar-refractivity contribution in [3.05, 3.63) is 130 Å². The van der Waals surface area contributed by atoms with Crippen LogP contribution in [0.25, 0.3) is 22.4 Å². The van der Waals surface area contributed by atoms with E-state index in [0.717, 1.165) is 18.8 Å². The number of rotatable bonds is 15. The molecule has 0 heterocycles. The first-order valence-corrected chi connectivity index (χ1v) is 17.9. The zero-order chi connectivity index (χ0) is 32.5. The first-order valence-electron chi connectivity index (χ1n) is 17.9. The third-order valence-electron chi connectivity index (χ3n) is 10.5. The van der Waals surface area contributed by atoms with Gasteiger partial charge in [-0.2, -0.15) is 0 Å². The van der Waals surface area contributed by atoms with Crippen molar-refractivity contribution in [1.29, 1.82) is 0 Å². The van der Waals surface area contributed by atoms with Crippen LogP contribution in [0.2, 0.25) is 0 Å². The highest BCUT2D eigenvalue weighted by Crippen LogP contribution is 2.47. The number of ketones is 1. The van der Waals surface area contributed by atoms with Crippen LogP contribution in [0.15, 0.2) is 97.1 Å². The zero-order valence-corrected chi connectivity index (χ0v) is 28.9. The molecule has 5 rings (SSSR count). The van der Waals surface area contributed by atoms with E-state index >= 15 is 0 Å². The molecule has 1 aliphatic rings. The lowest BCUT2D eigenvalue weighted by atomic mass is 9.66. The smallest absolute Gasteiger partial charge is 0.130 e. The second-order valence-corrected chi connectivity index (χ2v) is 13.9. The van der Waals surface area contributed by atoms with Gasteiger partial charge in [-0.3, -0.25) is 0 Å². The predicted molar refractivity (Wildman–Crippen MR) is 199 cm³/mol. The number of carbonyl (C=O) groups is 1. The van der Waals surface area contributed by atoms with Gasteiger partial charge in [0.25, 0.3) is 0 Å². The number of Topliss-reactive ketones (excluding diaryl/α,β-unsaturated/α-hetero) is 1. The number of hydrogen-bond donors (Lipinski definition) is 0. The van der Waals surface area contributed by atoms with Gasteiger partial charge < -0.3 is 4.79 Å². The largest absolute Gasteiger partial charge is 0.300 e. The van der Waals surface area contributed by atoms with Crippen LogP contribution in [-0.2, 0) is 4.79 Å². The van der Waals surface area contributed by atoms with Crippen LogP contribution in [0, 0.1) is 18.8 Å². The Morgan fingerprint density at radius 3 is 2.37 bits per heavy atom. The molecule has 240 valence electrons. The Morgan fingerprint density at radius 1 is 0.870 bits per heavy atom. The van der Waals surface area contributed by atoms with Crippen molar-refractivity contribution in [3.8, 4) is 0 Å². The number of fused-ring (bicyclic) bond motifs is 1. The van der Waals surface area contributed by atoms with E-state index < -0.39 is 0 Å². The molecule has 0 aromatic heterocycles. The molecule has 1 fully saturated rings. The van der Waals surface area contributed by atoms with Crippen LogP contribution < -0.4 is 0 Å². The van der Waals surface area contributed by atoms with Gasteiger partial charge in [-0.1, -0.05) is 131 Å². The van der Waals surface area contributed by atoms with E-state index in [1.807, 2.05) is 0 Å². The highest BCUT2D eigenvalue weighted by molar-refractivity contribution is 5.90. The molecule has 0 radical (unpaired) electrons. The zero-order valence-electron chi connectivity index (χ0n) is 28.9. The highest BCUT2D eigenvalue weighted by atomic mass is 16.1. The van der Waals surface area contributed by atoms with Gasteiger partial charge in [-0.15, -0.1) is 0 Å². The van der Waals surface area contributed by atoms with E-state index in [-0.39, 0.29) is 5.78 Å². The highest BCUT2D eigenvalue weighted by Gasteiger charge is 2.32. The molecule has 1 heteroatoms. The Balaban J connectivity index is 1.17. The fourth-order valence-electron chi connectivity index (χ4n) is 7.51. The van der Waals surface area contributed by atoms with E-state index in [0.29, 0.717) is 24.2 Å². The molecule has 0 bridgehead atoms. The maximum Gasteiger partial charge on any atom is 0.130 e. The molecular weight excluding hydrogens is 556 g/mol. The van der Waals surface area contributed by atoms with Crippen molar-refractivity contribution < 1.29 is 4.79 Å². The molecule has 0 amide bonds. The monoisotopic (exact) mass is 610 g/mol. The minimum atomic E-state index is 0.280. The standard InChI is InChI=1S/C45H54O/c1-6-14-43(36-17-9-8-10-18-36)41-25-24-39-30-38(22-23-40(39)31-41)32(3)15-11-12-19-37-26-28-44(37)45-20-13-16-33(4)42(45)27-21-35(7-2)29-34(5)46/h8-10,13-14,16-18,20-25,27,30-32,35,37,44H,6-7,11-12,15,19,26,28-29H2,1-5H3/b27-21-,43-14+. The van der Waals surface area contributed by atoms with Crippen molar-refractivity contribution >= 4 is 28.2 Å². The van der Waals surface area contributed by atoms with E-state index in [4.69, 9.17) is 0 Å². The molecule has 4 aromatic carbocycles. The molecule has 0 N–H and O–H groups in total. The molecular formula is C45H54O. The number of aryl methyl sites for hydroxylation is 1. The maximum atomic E-state index is 11.7. The van der Waals surface area contributed by atoms with Crippen LogP contribution in [-0.4, -0.2) is 5.78 Å². The average molecular weight is 611 g/mol. The normalized spacial score (nSPS) is 18.1. The Labute approximate surface area is 278 Å². The van der Waals surface area contributed by atoms with Gasteiger partial charge in [-0.05, 0) is 132 Å². The second-order valence-electron chi connectivity index (χ2n) is 13.9. The van der Waals surface area contributed by atoms with Crippen LogP contribution >= 0.6 is 0 Å². The topological polar surface area (TPSA) is 17.1 Å². The van der Waals surface area contributed by atoms with E-state index in [2.05, 4.69) is 131 Å². The van der Waals surface area contributed by atoms with Crippen molar-refractivity contribution in [1.82, 2.24) is 0 Å². The molecule has 4 aromatic rings. The summed E-state index contributed by atoms with van der Waals surface area (Å²) < 4.78 is 0. The van der Waals surface area contributed by atoms with Crippen molar-refractivity contribution in [3.63, 3.8) is 0 Å². The lowest BCUT2D eigenvalue weighted by Crippen LogP contribution is -2.24. The van der Waals surface area contributed by atoms with Gasteiger partial charge in [0.05, 0.1) is 0 Å². The van der Waals surface area contributed by atoms with Crippen LogP contribution in [0.4, 0.5) is 0 Å². The molecule has 46 heavy (non-hydrogen) atoms. The molecule has 1 saturated carbocycles. The summed E-state index contributed by atoms with van der Waals surface area (Å²) in [6, 6.07) is 31.7. The average Bonchev–Trinajstić information content (AvgIpc) is 3.05. The summed E-state index contributed by atoms with van der Waals surface area (Å²) in [5.74, 6) is 2.64. The van der Waals surface area contributed by atoms with Crippen LogP contribution in [0.1, 0.15) is 131 Å². The number of allylic oxidation sites excluding steroid dienone is 2. The number of carbonyl (C=O) groups excluding carboxylic acids is 1. The summed E-state index contributed by atoms with van der Waals surface area (Å²) in [6.07, 6.45) is 17.4. The van der Waals surface area contributed by atoms with E-state index in [1.165, 1.54) is 88.3 Å². The molecule has 0 saturated heterocycles. The number of hydrogen-bond acceptors (Lipinski definition) is 1. The summed E-state index contributed by atoms with van der Waals surface area (Å²) in [5, 5.41) is 2.65. The predicted octanol–water partition coefficient (Wildman–Crippen LogP) is 12.9. The lowest BCUT2D eigenvalue weighted by molar-refractivity contribution is -0.117. The molecule has 0 aliphatic heterocycles. The number of unbranched alkanes of at least 4 members (excludes halogenated alkanes) is 1. The summed E-state index contributed by atoms with van der Waals surface area (Å²) in [4.78, 5) is 11.7. The first-order chi connectivity index (χ1) is 22.4.